The van der Waals surface area contributed by atoms with Crippen LogP contribution in [0.1, 0.15) is 29.2 Å². The van der Waals surface area contributed by atoms with Gasteiger partial charge in [-0.1, -0.05) is 0 Å². The number of furan rings is 1. The number of hydrogen-bond donors (Lipinski definition) is 0. The van der Waals surface area contributed by atoms with Gasteiger partial charge in [0, 0.05) is 13.1 Å². The van der Waals surface area contributed by atoms with Gasteiger partial charge >= 0.3 is 5.97 Å². The Morgan fingerprint density at radius 2 is 2.41 bits per heavy atom. The molecular formula is C15H20N4O3. The number of methoxy groups -OCH3 is 1. The van der Waals surface area contributed by atoms with Crippen LogP contribution in [0.25, 0.3) is 0 Å². The van der Waals surface area contributed by atoms with Crippen molar-refractivity contribution in [1.82, 2.24) is 19.7 Å². The van der Waals surface area contributed by atoms with Crippen molar-refractivity contribution in [3.05, 3.63) is 36.3 Å². The second-order valence-electron chi connectivity index (χ2n) is 5.62. The summed E-state index contributed by atoms with van der Waals surface area (Å²) in [6.07, 6.45) is 5.68. The molecule has 7 nitrogen and oxygen atoms in total. The molecule has 2 aromatic heterocycles. The average molecular weight is 304 g/mol. The third-order valence-corrected chi connectivity index (χ3v) is 3.94. The zero-order valence-corrected chi connectivity index (χ0v) is 12.6. The summed E-state index contributed by atoms with van der Waals surface area (Å²) in [6.45, 7) is 3.64. The van der Waals surface area contributed by atoms with E-state index in [1.165, 1.54) is 13.5 Å². The molecule has 1 aliphatic heterocycles. The number of carbonyl (C=O) groups is 1. The minimum absolute atomic E-state index is 0.258. The van der Waals surface area contributed by atoms with E-state index in [9.17, 15) is 4.79 Å². The molecule has 0 spiro atoms. The lowest BCUT2D eigenvalue weighted by Gasteiger charge is -2.31. The summed E-state index contributed by atoms with van der Waals surface area (Å²) >= 11 is 0. The minimum Gasteiger partial charge on any atom is -0.463 e. The van der Waals surface area contributed by atoms with E-state index in [0.29, 0.717) is 12.5 Å². The molecule has 22 heavy (non-hydrogen) atoms. The van der Waals surface area contributed by atoms with E-state index in [2.05, 4.69) is 19.7 Å². The fourth-order valence-corrected chi connectivity index (χ4v) is 2.93. The second-order valence-corrected chi connectivity index (χ2v) is 5.62. The molecule has 7 heteroatoms. The van der Waals surface area contributed by atoms with Gasteiger partial charge in [-0.3, -0.25) is 9.58 Å². The van der Waals surface area contributed by atoms with Crippen LogP contribution in [0.4, 0.5) is 0 Å². The smallest absolute Gasteiger partial charge is 0.373 e. The standard InChI is InChI=1S/C15H20N4O3/c1-21-15(20)14-5-4-13(22-14)9-18-6-2-3-12(7-18)8-19-11-16-10-17-19/h4-5,10-12H,2-3,6-9H2,1H3/t12-/m0/s1. The summed E-state index contributed by atoms with van der Waals surface area (Å²) in [5, 5.41) is 4.17. The van der Waals surface area contributed by atoms with Crippen LogP contribution in [0.3, 0.4) is 0 Å². The molecule has 0 radical (unpaired) electrons. The third-order valence-electron chi connectivity index (χ3n) is 3.94. The van der Waals surface area contributed by atoms with Crippen LogP contribution in [0.2, 0.25) is 0 Å². The first kappa shape index (κ1) is 14.8. The number of aromatic nitrogens is 3. The Balaban J connectivity index is 1.56. The predicted octanol–water partition coefficient (Wildman–Crippen LogP) is 1.57. The van der Waals surface area contributed by atoms with Crippen molar-refractivity contribution in [3.8, 4) is 0 Å². The number of piperidine rings is 1. The molecule has 0 unspecified atom stereocenters. The van der Waals surface area contributed by atoms with Crippen molar-refractivity contribution < 1.29 is 13.9 Å². The predicted molar refractivity (Wildman–Crippen MR) is 78.1 cm³/mol. The van der Waals surface area contributed by atoms with Crippen molar-refractivity contribution in [3.63, 3.8) is 0 Å². The first-order chi connectivity index (χ1) is 10.7. The zero-order valence-electron chi connectivity index (χ0n) is 12.6. The number of nitrogens with zero attached hydrogens (tertiary/aromatic N) is 4. The van der Waals surface area contributed by atoms with Crippen LogP contribution < -0.4 is 0 Å². The maximum absolute atomic E-state index is 11.4. The highest BCUT2D eigenvalue weighted by Crippen LogP contribution is 2.20. The van der Waals surface area contributed by atoms with Crippen LogP contribution in [0.5, 0.6) is 0 Å². The van der Waals surface area contributed by atoms with Crippen LogP contribution >= 0.6 is 0 Å². The number of likely N-dealkylation sites (tertiary alicyclic amines) is 1. The molecular weight excluding hydrogens is 284 g/mol. The monoisotopic (exact) mass is 304 g/mol. The van der Waals surface area contributed by atoms with Gasteiger partial charge in [-0.15, -0.1) is 0 Å². The van der Waals surface area contributed by atoms with Crippen LogP contribution in [-0.4, -0.2) is 45.8 Å². The maximum atomic E-state index is 11.4. The van der Waals surface area contributed by atoms with E-state index in [-0.39, 0.29) is 5.76 Å². The molecule has 3 heterocycles. The fourth-order valence-electron chi connectivity index (χ4n) is 2.93. The lowest BCUT2D eigenvalue weighted by Crippen LogP contribution is -2.36. The SMILES string of the molecule is COC(=O)c1ccc(CN2CCC[C@H](Cn3cncn3)C2)o1. The summed E-state index contributed by atoms with van der Waals surface area (Å²) in [5.41, 5.74) is 0. The topological polar surface area (TPSA) is 73.4 Å². The summed E-state index contributed by atoms with van der Waals surface area (Å²) in [4.78, 5) is 17.7. The Morgan fingerprint density at radius 3 is 3.18 bits per heavy atom. The summed E-state index contributed by atoms with van der Waals surface area (Å²) < 4.78 is 12.1. The first-order valence-corrected chi connectivity index (χ1v) is 7.46. The highest BCUT2D eigenvalue weighted by Gasteiger charge is 2.22. The lowest BCUT2D eigenvalue weighted by molar-refractivity contribution is 0.0559. The zero-order chi connectivity index (χ0) is 15.4. The number of ether oxygens (including phenoxy) is 1. The largest absolute Gasteiger partial charge is 0.463 e. The number of esters is 1. The quantitative estimate of drug-likeness (QED) is 0.781. The van der Waals surface area contributed by atoms with Gasteiger partial charge < -0.3 is 9.15 Å². The molecule has 1 aliphatic rings. The molecule has 0 aromatic carbocycles. The number of rotatable bonds is 5. The van der Waals surface area contributed by atoms with Gasteiger partial charge in [0.15, 0.2) is 0 Å². The lowest BCUT2D eigenvalue weighted by atomic mass is 9.98. The van der Waals surface area contributed by atoms with E-state index < -0.39 is 5.97 Å². The molecule has 0 amide bonds. The Hall–Kier alpha value is -2.15. The molecule has 1 fully saturated rings. The molecule has 3 rings (SSSR count). The van der Waals surface area contributed by atoms with Gasteiger partial charge in [-0.05, 0) is 37.4 Å². The molecule has 1 atom stereocenters. The molecule has 0 bridgehead atoms. The summed E-state index contributed by atoms with van der Waals surface area (Å²) in [6, 6.07) is 3.51. The Morgan fingerprint density at radius 1 is 1.50 bits per heavy atom. The van der Waals surface area contributed by atoms with E-state index in [4.69, 9.17) is 4.42 Å². The van der Waals surface area contributed by atoms with Crippen LogP contribution in [0, 0.1) is 5.92 Å². The average Bonchev–Trinajstić information content (AvgIpc) is 3.19. The molecule has 0 N–H and O–H groups in total. The van der Waals surface area contributed by atoms with Crippen molar-refractivity contribution in [1.29, 1.82) is 0 Å². The normalized spacial score (nSPS) is 19.2. The van der Waals surface area contributed by atoms with Crippen molar-refractivity contribution in [2.45, 2.75) is 25.9 Å². The summed E-state index contributed by atoms with van der Waals surface area (Å²) in [7, 11) is 1.35. The van der Waals surface area contributed by atoms with Crippen molar-refractivity contribution in [2.24, 2.45) is 5.92 Å². The van der Waals surface area contributed by atoms with E-state index in [1.54, 1.807) is 18.7 Å². The maximum Gasteiger partial charge on any atom is 0.373 e. The highest BCUT2D eigenvalue weighted by molar-refractivity contribution is 5.86. The van der Waals surface area contributed by atoms with Gasteiger partial charge in [0.05, 0.1) is 13.7 Å². The molecule has 118 valence electrons. The van der Waals surface area contributed by atoms with Gasteiger partial charge in [-0.25, -0.2) is 9.78 Å². The van der Waals surface area contributed by atoms with E-state index in [0.717, 1.165) is 31.8 Å². The molecule has 2 aromatic rings. The summed E-state index contributed by atoms with van der Waals surface area (Å²) in [5.74, 6) is 1.18. The van der Waals surface area contributed by atoms with E-state index in [1.807, 2.05) is 10.7 Å². The molecule has 1 saturated heterocycles. The third kappa shape index (κ3) is 3.54. The first-order valence-electron chi connectivity index (χ1n) is 7.46. The van der Waals surface area contributed by atoms with Gasteiger partial charge in [-0.2, -0.15) is 5.10 Å². The Kier molecular flexibility index (Phi) is 4.53. The number of hydrogen-bond acceptors (Lipinski definition) is 6. The van der Waals surface area contributed by atoms with Crippen LogP contribution in [0.15, 0.2) is 29.2 Å². The van der Waals surface area contributed by atoms with Gasteiger partial charge in [0.2, 0.25) is 5.76 Å². The molecule has 0 aliphatic carbocycles. The van der Waals surface area contributed by atoms with E-state index >= 15 is 0 Å². The number of carbonyl (C=O) groups excluding carboxylic acids is 1. The second kappa shape index (κ2) is 6.74. The minimum atomic E-state index is -0.436. The van der Waals surface area contributed by atoms with Crippen molar-refractivity contribution >= 4 is 5.97 Å². The fraction of sp³-hybridized carbons (Fsp3) is 0.533. The van der Waals surface area contributed by atoms with Gasteiger partial charge in [0.1, 0.15) is 18.4 Å². The Bertz CT molecular complexity index is 608. The van der Waals surface area contributed by atoms with Crippen molar-refractivity contribution in [2.75, 3.05) is 20.2 Å². The van der Waals surface area contributed by atoms with Crippen LogP contribution in [-0.2, 0) is 17.8 Å². The van der Waals surface area contributed by atoms with Gasteiger partial charge in [0.25, 0.3) is 0 Å². The Labute approximate surface area is 128 Å². The molecule has 0 saturated carbocycles. The highest BCUT2D eigenvalue weighted by atomic mass is 16.5.